The third-order valence-electron chi connectivity index (χ3n) is 2.77. The molecule has 4 heteroatoms. The number of nitrogens with zero attached hydrogens (tertiary/aromatic N) is 1. The Morgan fingerprint density at radius 2 is 2.57 bits per heavy atom. The van der Waals surface area contributed by atoms with Gasteiger partial charge in [-0.25, -0.2) is 0 Å². The summed E-state index contributed by atoms with van der Waals surface area (Å²) in [5.74, 6) is 0. The van der Waals surface area contributed by atoms with E-state index in [2.05, 4.69) is 21.7 Å². The molecule has 78 valence electrons. The Balaban J connectivity index is 1.90. The molecule has 1 fully saturated rings. The number of thiophene rings is 1. The summed E-state index contributed by atoms with van der Waals surface area (Å²) in [6.45, 7) is 3.32. The lowest BCUT2D eigenvalue weighted by Gasteiger charge is -2.15. The molecule has 1 N–H and O–H groups in total. The lowest BCUT2D eigenvalue weighted by molar-refractivity contribution is 0.323. The third-order valence-corrected chi connectivity index (χ3v) is 4.02. The van der Waals surface area contributed by atoms with Gasteiger partial charge in [0.05, 0.1) is 4.34 Å². The third kappa shape index (κ3) is 2.28. The zero-order valence-electron chi connectivity index (χ0n) is 8.29. The SMILES string of the molecule is CNC1CCN(Cc2ccsc2Cl)C1. The molecular formula is C10H15ClN2S. The van der Waals surface area contributed by atoms with Crippen molar-refractivity contribution in [2.75, 3.05) is 20.1 Å². The van der Waals surface area contributed by atoms with Crippen LogP contribution in [0.3, 0.4) is 0 Å². The van der Waals surface area contributed by atoms with E-state index < -0.39 is 0 Å². The molecule has 1 atom stereocenters. The van der Waals surface area contributed by atoms with E-state index in [4.69, 9.17) is 11.6 Å². The molecule has 0 radical (unpaired) electrons. The Labute approximate surface area is 93.9 Å². The lowest BCUT2D eigenvalue weighted by atomic mass is 10.3. The molecule has 1 unspecified atom stereocenters. The number of hydrogen-bond acceptors (Lipinski definition) is 3. The molecule has 0 saturated carbocycles. The van der Waals surface area contributed by atoms with Gasteiger partial charge in [-0.1, -0.05) is 11.6 Å². The molecule has 0 aromatic carbocycles. The molecule has 0 aliphatic carbocycles. The predicted octanol–water partition coefficient (Wildman–Crippen LogP) is 2.20. The Hall–Kier alpha value is -0.0900. The largest absolute Gasteiger partial charge is 0.316 e. The van der Waals surface area contributed by atoms with Crippen molar-refractivity contribution in [3.63, 3.8) is 0 Å². The minimum atomic E-state index is 0.660. The number of rotatable bonds is 3. The summed E-state index contributed by atoms with van der Waals surface area (Å²) in [5, 5.41) is 5.37. The van der Waals surface area contributed by atoms with Gasteiger partial charge >= 0.3 is 0 Å². The highest BCUT2D eigenvalue weighted by Crippen LogP contribution is 2.25. The van der Waals surface area contributed by atoms with E-state index in [1.165, 1.54) is 18.5 Å². The number of hydrogen-bond donors (Lipinski definition) is 1. The van der Waals surface area contributed by atoms with Crippen LogP contribution in [0.2, 0.25) is 4.34 Å². The van der Waals surface area contributed by atoms with Gasteiger partial charge in [0.1, 0.15) is 0 Å². The van der Waals surface area contributed by atoms with E-state index >= 15 is 0 Å². The Morgan fingerprint density at radius 3 is 3.14 bits per heavy atom. The van der Waals surface area contributed by atoms with Crippen molar-refractivity contribution in [3.05, 3.63) is 21.3 Å². The van der Waals surface area contributed by atoms with Crippen LogP contribution in [0.15, 0.2) is 11.4 Å². The van der Waals surface area contributed by atoms with Crippen LogP contribution in [0.5, 0.6) is 0 Å². The highest BCUT2D eigenvalue weighted by atomic mass is 35.5. The number of likely N-dealkylation sites (tertiary alicyclic amines) is 1. The zero-order valence-corrected chi connectivity index (χ0v) is 9.87. The second-order valence-electron chi connectivity index (χ2n) is 3.73. The highest BCUT2D eigenvalue weighted by molar-refractivity contribution is 7.14. The molecule has 2 rings (SSSR count). The molecule has 1 saturated heterocycles. The standard InChI is InChI=1S/C10H15ClN2S/c1-12-9-2-4-13(7-9)6-8-3-5-14-10(8)11/h3,5,9,12H,2,4,6-7H2,1H3. The van der Waals surface area contributed by atoms with Crippen LogP contribution in [0.25, 0.3) is 0 Å². The average molecular weight is 231 g/mol. The molecule has 1 aromatic heterocycles. The second-order valence-corrected chi connectivity index (χ2v) is 5.25. The summed E-state index contributed by atoms with van der Waals surface area (Å²) in [4.78, 5) is 2.45. The first-order valence-corrected chi connectivity index (χ1v) is 6.17. The summed E-state index contributed by atoms with van der Waals surface area (Å²) in [7, 11) is 2.03. The van der Waals surface area contributed by atoms with Crippen LogP contribution in [-0.4, -0.2) is 31.1 Å². The van der Waals surface area contributed by atoms with Crippen molar-refractivity contribution >= 4 is 22.9 Å². The van der Waals surface area contributed by atoms with Gasteiger partial charge in [-0.2, -0.15) is 0 Å². The van der Waals surface area contributed by atoms with Crippen molar-refractivity contribution < 1.29 is 0 Å². The Morgan fingerprint density at radius 1 is 1.71 bits per heavy atom. The number of likely N-dealkylation sites (N-methyl/N-ethyl adjacent to an activating group) is 1. The molecule has 0 amide bonds. The fourth-order valence-corrected chi connectivity index (χ4v) is 2.80. The summed E-state index contributed by atoms with van der Waals surface area (Å²) in [5.41, 5.74) is 1.27. The quantitative estimate of drug-likeness (QED) is 0.857. The maximum absolute atomic E-state index is 6.06. The van der Waals surface area contributed by atoms with Crippen LogP contribution in [0, 0.1) is 0 Å². The lowest BCUT2D eigenvalue weighted by Crippen LogP contribution is -2.29. The van der Waals surface area contributed by atoms with Gasteiger partial charge in [-0.3, -0.25) is 4.90 Å². The van der Waals surface area contributed by atoms with Gasteiger partial charge in [-0.15, -0.1) is 11.3 Å². The van der Waals surface area contributed by atoms with Crippen molar-refractivity contribution in [2.24, 2.45) is 0 Å². The van der Waals surface area contributed by atoms with Crippen molar-refractivity contribution in [1.29, 1.82) is 0 Å². The summed E-state index contributed by atoms with van der Waals surface area (Å²) >= 11 is 7.68. The van der Waals surface area contributed by atoms with Gasteiger partial charge in [0.15, 0.2) is 0 Å². The first-order chi connectivity index (χ1) is 6.79. The molecule has 14 heavy (non-hydrogen) atoms. The topological polar surface area (TPSA) is 15.3 Å². The summed E-state index contributed by atoms with van der Waals surface area (Å²) in [6.07, 6.45) is 1.25. The molecule has 1 aliphatic heterocycles. The normalized spacial score (nSPS) is 23.1. The van der Waals surface area contributed by atoms with E-state index in [9.17, 15) is 0 Å². The molecule has 1 aromatic rings. The van der Waals surface area contributed by atoms with Crippen LogP contribution in [0.4, 0.5) is 0 Å². The Kier molecular flexibility index (Phi) is 3.44. The second kappa shape index (κ2) is 4.62. The minimum absolute atomic E-state index is 0.660. The maximum Gasteiger partial charge on any atom is 0.0973 e. The molecule has 0 bridgehead atoms. The van der Waals surface area contributed by atoms with Crippen LogP contribution in [0.1, 0.15) is 12.0 Å². The minimum Gasteiger partial charge on any atom is -0.316 e. The van der Waals surface area contributed by atoms with Crippen molar-refractivity contribution in [2.45, 2.75) is 19.0 Å². The van der Waals surface area contributed by atoms with Gasteiger partial charge < -0.3 is 5.32 Å². The maximum atomic E-state index is 6.06. The monoisotopic (exact) mass is 230 g/mol. The van der Waals surface area contributed by atoms with Crippen molar-refractivity contribution in [3.8, 4) is 0 Å². The van der Waals surface area contributed by atoms with E-state index in [1.807, 2.05) is 7.05 Å². The zero-order chi connectivity index (χ0) is 9.97. The fourth-order valence-electron chi connectivity index (χ4n) is 1.88. The smallest absolute Gasteiger partial charge is 0.0973 e. The molecule has 2 heterocycles. The van der Waals surface area contributed by atoms with Crippen molar-refractivity contribution in [1.82, 2.24) is 10.2 Å². The highest BCUT2D eigenvalue weighted by Gasteiger charge is 2.21. The fraction of sp³-hybridized carbons (Fsp3) is 0.600. The van der Waals surface area contributed by atoms with Gasteiger partial charge in [0.25, 0.3) is 0 Å². The average Bonchev–Trinajstić information content (AvgIpc) is 2.77. The van der Waals surface area contributed by atoms with Crippen LogP contribution in [-0.2, 0) is 6.54 Å². The number of halogens is 1. The van der Waals surface area contributed by atoms with E-state index in [0.29, 0.717) is 6.04 Å². The van der Waals surface area contributed by atoms with E-state index in [1.54, 1.807) is 11.3 Å². The molecule has 2 nitrogen and oxygen atoms in total. The first-order valence-electron chi connectivity index (χ1n) is 4.91. The van der Waals surface area contributed by atoms with Crippen LogP contribution >= 0.6 is 22.9 Å². The van der Waals surface area contributed by atoms with Crippen LogP contribution < -0.4 is 5.32 Å². The van der Waals surface area contributed by atoms with E-state index in [-0.39, 0.29) is 0 Å². The number of nitrogens with one attached hydrogen (secondary N) is 1. The molecule has 0 spiro atoms. The van der Waals surface area contributed by atoms with E-state index in [0.717, 1.165) is 17.4 Å². The molecule has 1 aliphatic rings. The van der Waals surface area contributed by atoms with Gasteiger partial charge in [0.2, 0.25) is 0 Å². The molecular weight excluding hydrogens is 216 g/mol. The van der Waals surface area contributed by atoms with Gasteiger partial charge in [-0.05, 0) is 30.5 Å². The summed E-state index contributed by atoms with van der Waals surface area (Å²) < 4.78 is 0.943. The first kappa shape index (κ1) is 10.4. The Bertz CT molecular complexity index is 300. The predicted molar refractivity (Wildman–Crippen MR) is 62.1 cm³/mol. The van der Waals surface area contributed by atoms with Gasteiger partial charge in [0, 0.05) is 25.7 Å². The summed E-state index contributed by atoms with van der Waals surface area (Å²) in [6, 6.07) is 2.78.